The zero-order chi connectivity index (χ0) is 14.7. The minimum Gasteiger partial charge on any atom is -0.356 e. The van der Waals surface area contributed by atoms with Crippen LogP contribution in [0.3, 0.4) is 0 Å². The number of rotatable bonds is 5. The van der Waals surface area contributed by atoms with E-state index >= 15 is 0 Å². The van der Waals surface area contributed by atoms with Crippen LogP contribution in [0.2, 0.25) is 0 Å². The monoisotopic (exact) mass is 304 g/mol. The van der Waals surface area contributed by atoms with Crippen LogP contribution in [0.15, 0.2) is 11.4 Å². The van der Waals surface area contributed by atoms with Gasteiger partial charge in [-0.15, -0.1) is 11.3 Å². The molecule has 0 aromatic carbocycles. The lowest BCUT2D eigenvalue weighted by Crippen LogP contribution is -2.34. The van der Waals surface area contributed by atoms with Crippen molar-refractivity contribution in [2.24, 2.45) is 5.92 Å². The molecule has 2 aromatic heterocycles. The van der Waals surface area contributed by atoms with E-state index in [2.05, 4.69) is 40.5 Å². The number of hydrogen-bond donors (Lipinski definition) is 1. The van der Waals surface area contributed by atoms with Gasteiger partial charge in [0.2, 0.25) is 5.95 Å². The van der Waals surface area contributed by atoms with Crippen LogP contribution in [-0.4, -0.2) is 29.6 Å². The fourth-order valence-corrected chi connectivity index (χ4v) is 3.92. The molecule has 0 unspecified atom stereocenters. The van der Waals surface area contributed by atoms with E-state index in [-0.39, 0.29) is 0 Å². The Morgan fingerprint density at radius 1 is 1.29 bits per heavy atom. The fourth-order valence-electron chi connectivity index (χ4n) is 3.16. The molecule has 114 valence electrons. The summed E-state index contributed by atoms with van der Waals surface area (Å²) in [5, 5.41) is 6.57. The number of piperidine rings is 1. The van der Waals surface area contributed by atoms with Gasteiger partial charge in [0, 0.05) is 19.6 Å². The van der Waals surface area contributed by atoms with Crippen molar-refractivity contribution in [3.63, 3.8) is 0 Å². The molecule has 1 fully saturated rings. The van der Waals surface area contributed by atoms with Crippen molar-refractivity contribution in [1.82, 2.24) is 9.97 Å². The van der Waals surface area contributed by atoms with Crippen LogP contribution < -0.4 is 10.2 Å². The predicted molar refractivity (Wildman–Crippen MR) is 91.4 cm³/mol. The quantitative estimate of drug-likeness (QED) is 0.901. The van der Waals surface area contributed by atoms with Gasteiger partial charge in [0.15, 0.2) is 0 Å². The fraction of sp³-hybridized carbons (Fsp3) is 0.625. The highest BCUT2D eigenvalue weighted by Crippen LogP contribution is 2.32. The van der Waals surface area contributed by atoms with E-state index in [0.717, 1.165) is 42.1 Å². The molecular formula is C16H24N4S. The van der Waals surface area contributed by atoms with Crippen molar-refractivity contribution < 1.29 is 0 Å². The summed E-state index contributed by atoms with van der Waals surface area (Å²) in [6, 6.07) is 2.16. The zero-order valence-corrected chi connectivity index (χ0v) is 13.7. The smallest absolute Gasteiger partial charge is 0.226 e. The highest BCUT2D eigenvalue weighted by Gasteiger charge is 2.22. The molecule has 0 radical (unpaired) electrons. The van der Waals surface area contributed by atoms with Gasteiger partial charge in [-0.05, 0) is 37.1 Å². The Hall–Kier alpha value is -1.36. The average molecular weight is 304 g/mol. The summed E-state index contributed by atoms with van der Waals surface area (Å²) >= 11 is 1.70. The van der Waals surface area contributed by atoms with Gasteiger partial charge in [-0.25, -0.2) is 4.98 Å². The van der Waals surface area contributed by atoms with Crippen molar-refractivity contribution in [1.29, 1.82) is 0 Å². The Morgan fingerprint density at radius 2 is 2.10 bits per heavy atom. The maximum atomic E-state index is 4.77. The van der Waals surface area contributed by atoms with Gasteiger partial charge in [-0.3, -0.25) is 0 Å². The molecule has 0 aliphatic carbocycles. The van der Waals surface area contributed by atoms with Gasteiger partial charge < -0.3 is 10.2 Å². The number of hydrogen-bond acceptors (Lipinski definition) is 5. The first-order valence-electron chi connectivity index (χ1n) is 8.05. The Labute approximate surface area is 130 Å². The number of aromatic nitrogens is 2. The van der Waals surface area contributed by atoms with E-state index in [9.17, 15) is 0 Å². The van der Waals surface area contributed by atoms with Gasteiger partial charge in [0.25, 0.3) is 0 Å². The molecule has 3 heterocycles. The normalized spacial score (nSPS) is 16.6. The molecule has 1 aliphatic heterocycles. The molecular weight excluding hydrogens is 280 g/mol. The molecule has 0 bridgehead atoms. The Kier molecular flexibility index (Phi) is 4.58. The van der Waals surface area contributed by atoms with Gasteiger partial charge >= 0.3 is 0 Å². The summed E-state index contributed by atoms with van der Waals surface area (Å²) in [6.07, 6.45) is 5.26. The number of nitrogens with zero attached hydrogens (tertiary/aromatic N) is 3. The van der Waals surface area contributed by atoms with Crippen LogP contribution in [0.1, 0.15) is 39.5 Å². The molecule has 0 amide bonds. The topological polar surface area (TPSA) is 41.1 Å². The maximum absolute atomic E-state index is 4.77. The number of thiophene rings is 1. The minimum atomic E-state index is 0.762. The number of fused-ring (bicyclic) bond motifs is 1. The molecule has 4 nitrogen and oxygen atoms in total. The van der Waals surface area contributed by atoms with E-state index in [1.165, 1.54) is 31.1 Å². The first-order chi connectivity index (χ1) is 10.3. The van der Waals surface area contributed by atoms with E-state index in [1.807, 2.05) is 0 Å². The SMILES string of the molecule is CCCC1CCN(c2nc(NCC)nc3sccc23)CC1. The second-order valence-corrected chi connectivity index (χ2v) is 6.65. The number of anilines is 2. The predicted octanol–water partition coefficient (Wildman–Crippen LogP) is 4.14. The number of nitrogens with one attached hydrogen (secondary N) is 1. The molecule has 0 spiro atoms. The van der Waals surface area contributed by atoms with Gasteiger partial charge in [0.05, 0.1) is 5.39 Å². The van der Waals surface area contributed by atoms with Gasteiger partial charge in [0.1, 0.15) is 10.6 Å². The Morgan fingerprint density at radius 3 is 2.81 bits per heavy atom. The third-order valence-electron chi connectivity index (χ3n) is 4.25. The summed E-state index contributed by atoms with van der Waals surface area (Å²) in [7, 11) is 0. The standard InChI is InChI=1S/C16H24N4S/c1-3-5-12-6-9-20(10-7-12)14-13-8-11-21-15(13)19-16(18-14)17-4-2/h8,11-12H,3-7,9-10H2,1-2H3,(H,17,18,19). The summed E-state index contributed by atoms with van der Waals surface area (Å²) in [5.41, 5.74) is 0. The average Bonchev–Trinajstić information content (AvgIpc) is 2.96. The van der Waals surface area contributed by atoms with Crippen LogP contribution in [-0.2, 0) is 0 Å². The van der Waals surface area contributed by atoms with E-state index in [1.54, 1.807) is 11.3 Å². The first-order valence-corrected chi connectivity index (χ1v) is 8.93. The first kappa shape index (κ1) is 14.6. The summed E-state index contributed by atoms with van der Waals surface area (Å²) in [4.78, 5) is 12.9. The van der Waals surface area contributed by atoms with Crippen molar-refractivity contribution in [2.75, 3.05) is 29.9 Å². The summed E-state index contributed by atoms with van der Waals surface area (Å²) in [6.45, 7) is 7.47. The third kappa shape index (κ3) is 3.12. The van der Waals surface area contributed by atoms with Crippen LogP contribution in [0, 0.1) is 5.92 Å². The van der Waals surface area contributed by atoms with Crippen LogP contribution in [0.25, 0.3) is 10.2 Å². The van der Waals surface area contributed by atoms with Crippen LogP contribution in [0.5, 0.6) is 0 Å². The molecule has 1 aliphatic rings. The van der Waals surface area contributed by atoms with E-state index in [4.69, 9.17) is 4.98 Å². The lowest BCUT2D eigenvalue weighted by Gasteiger charge is -2.33. The summed E-state index contributed by atoms with van der Waals surface area (Å²) in [5.74, 6) is 2.78. The molecule has 1 saturated heterocycles. The molecule has 0 atom stereocenters. The maximum Gasteiger partial charge on any atom is 0.226 e. The van der Waals surface area contributed by atoms with Gasteiger partial charge in [-0.2, -0.15) is 4.98 Å². The Bertz CT molecular complexity index is 587. The minimum absolute atomic E-state index is 0.762. The van der Waals surface area contributed by atoms with Crippen molar-refractivity contribution in [3.8, 4) is 0 Å². The van der Waals surface area contributed by atoms with Crippen LogP contribution in [0.4, 0.5) is 11.8 Å². The molecule has 3 rings (SSSR count). The van der Waals surface area contributed by atoms with Crippen molar-refractivity contribution in [3.05, 3.63) is 11.4 Å². The second kappa shape index (κ2) is 6.60. The van der Waals surface area contributed by atoms with Crippen LogP contribution >= 0.6 is 11.3 Å². The van der Waals surface area contributed by atoms with E-state index < -0.39 is 0 Å². The molecule has 0 saturated carbocycles. The van der Waals surface area contributed by atoms with Crippen molar-refractivity contribution >= 4 is 33.3 Å². The third-order valence-corrected chi connectivity index (χ3v) is 5.06. The van der Waals surface area contributed by atoms with E-state index in [0.29, 0.717) is 0 Å². The highest BCUT2D eigenvalue weighted by atomic mass is 32.1. The highest BCUT2D eigenvalue weighted by molar-refractivity contribution is 7.16. The Balaban J connectivity index is 1.84. The molecule has 1 N–H and O–H groups in total. The molecule has 2 aromatic rings. The zero-order valence-electron chi connectivity index (χ0n) is 12.9. The summed E-state index contributed by atoms with van der Waals surface area (Å²) < 4.78 is 0. The molecule has 5 heteroatoms. The lowest BCUT2D eigenvalue weighted by molar-refractivity contribution is 0.378. The second-order valence-electron chi connectivity index (χ2n) is 5.76. The lowest BCUT2D eigenvalue weighted by atomic mass is 9.92. The van der Waals surface area contributed by atoms with Gasteiger partial charge in [-0.1, -0.05) is 19.8 Å². The van der Waals surface area contributed by atoms with Crippen molar-refractivity contribution in [2.45, 2.75) is 39.5 Å². The largest absolute Gasteiger partial charge is 0.356 e. The molecule has 21 heavy (non-hydrogen) atoms.